The number of nitrogen functional groups attached to an aromatic ring is 1. The number of aliphatic hydroxyl groups excluding tert-OH is 2. The zero-order valence-corrected chi connectivity index (χ0v) is 21.6. The van der Waals surface area contributed by atoms with Gasteiger partial charge in [0.2, 0.25) is 0 Å². The Kier molecular flexibility index (Phi) is 6.60. The molecule has 4 heterocycles. The van der Waals surface area contributed by atoms with Gasteiger partial charge >= 0.3 is 6.36 Å². The van der Waals surface area contributed by atoms with E-state index in [0.29, 0.717) is 52.6 Å². The quantitative estimate of drug-likeness (QED) is 0.218. The molecule has 0 spiro atoms. The fraction of sp³-hybridized carbons (Fsp3) is 0.500. The summed E-state index contributed by atoms with van der Waals surface area (Å²) in [7, 11) is 0. The van der Waals surface area contributed by atoms with Crippen molar-refractivity contribution in [1.29, 1.82) is 0 Å². The SMILES string of the molecule is C[C@]1(NC[C@H]2O[C@@H](n3ccc4c(N)ncnc43)[C@@H](O)[C@H]2O)C[C@H](CCc2nc3cc(OC(F)(F)F)ccc3[nH]2)C1. The smallest absolute Gasteiger partial charge is 0.406 e. The molecular weight excluding hydrogens is 531 g/mol. The third-order valence-electron chi connectivity index (χ3n) is 7.89. The summed E-state index contributed by atoms with van der Waals surface area (Å²) in [6.07, 6.45) is -1.98. The van der Waals surface area contributed by atoms with Gasteiger partial charge in [-0.25, -0.2) is 15.0 Å². The van der Waals surface area contributed by atoms with Crippen LogP contribution in [-0.4, -0.2) is 71.5 Å². The van der Waals surface area contributed by atoms with Gasteiger partial charge in [0.05, 0.1) is 16.4 Å². The second-order valence-corrected chi connectivity index (χ2v) is 10.9. The maximum Gasteiger partial charge on any atom is 0.573 e. The number of nitrogens with one attached hydrogen (secondary N) is 2. The Morgan fingerprint density at radius 2 is 2.02 bits per heavy atom. The topological polar surface area (TPSA) is 156 Å². The summed E-state index contributed by atoms with van der Waals surface area (Å²) in [5.74, 6) is 1.19. The molecule has 4 aromatic rings. The van der Waals surface area contributed by atoms with Crippen LogP contribution in [-0.2, 0) is 11.2 Å². The lowest BCUT2D eigenvalue weighted by molar-refractivity contribution is -0.274. The average Bonchev–Trinajstić information content (AvgIpc) is 3.55. The van der Waals surface area contributed by atoms with Gasteiger partial charge in [-0.2, -0.15) is 0 Å². The van der Waals surface area contributed by atoms with Gasteiger partial charge in [-0.3, -0.25) is 0 Å². The Morgan fingerprint density at radius 3 is 2.80 bits per heavy atom. The second-order valence-electron chi connectivity index (χ2n) is 10.9. The van der Waals surface area contributed by atoms with Crippen molar-refractivity contribution in [2.45, 2.75) is 69.0 Å². The molecule has 1 aromatic carbocycles. The van der Waals surface area contributed by atoms with Crippen molar-refractivity contribution in [2.75, 3.05) is 12.3 Å². The van der Waals surface area contributed by atoms with Crippen molar-refractivity contribution >= 4 is 27.9 Å². The van der Waals surface area contributed by atoms with Crippen LogP contribution in [0.2, 0.25) is 0 Å². The molecule has 11 nitrogen and oxygen atoms in total. The molecule has 1 saturated carbocycles. The van der Waals surface area contributed by atoms with Crippen molar-refractivity contribution < 1.29 is 32.9 Å². The predicted octanol–water partition coefficient (Wildman–Crippen LogP) is 2.80. The zero-order chi connectivity index (χ0) is 28.2. The second kappa shape index (κ2) is 9.87. The molecule has 0 radical (unpaired) electrons. The van der Waals surface area contributed by atoms with Crippen LogP contribution >= 0.6 is 0 Å². The number of rotatable bonds is 8. The molecule has 2 fully saturated rings. The number of halogens is 3. The van der Waals surface area contributed by atoms with Crippen LogP contribution in [0.25, 0.3) is 22.1 Å². The Bertz CT molecular complexity index is 1520. The first kappa shape index (κ1) is 26.7. The van der Waals surface area contributed by atoms with Crippen LogP contribution in [0.15, 0.2) is 36.8 Å². The van der Waals surface area contributed by atoms with E-state index >= 15 is 0 Å². The van der Waals surface area contributed by atoms with Crippen LogP contribution in [0.1, 0.15) is 38.2 Å². The molecule has 4 atom stereocenters. The molecule has 40 heavy (non-hydrogen) atoms. The third kappa shape index (κ3) is 5.19. The average molecular weight is 562 g/mol. The largest absolute Gasteiger partial charge is 0.573 e. The third-order valence-corrected chi connectivity index (χ3v) is 7.89. The number of benzene rings is 1. The molecule has 0 unspecified atom stereocenters. The number of aromatic amines is 1. The normalized spacial score (nSPS) is 28.8. The zero-order valence-electron chi connectivity index (χ0n) is 21.6. The maximum absolute atomic E-state index is 12.5. The van der Waals surface area contributed by atoms with Crippen LogP contribution in [0, 0.1) is 5.92 Å². The van der Waals surface area contributed by atoms with Gasteiger partial charge in [-0.1, -0.05) is 0 Å². The first-order chi connectivity index (χ1) is 19.0. The van der Waals surface area contributed by atoms with Crippen molar-refractivity contribution in [3.63, 3.8) is 0 Å². The Labute approximate surface area is 226 Å². The number of H-pyrrole nitrogens is 1. The maximum atomic E-state index is 12.5. The van der Waals surface area contributed by atoms with Gasteiger partial charge in [-0.05, 0) is 50.3 Å². The number of aryl methyl sites for hydroxylation is 1. The molecule has 2 aliphatic rings. The Hall–Kier alpha value is -3.46. The first-order valence-electron chi connectivity index (χ1n) is 13.1. The van der Waals surface area contributed by atoms with E-state index in [0.717, 1.165) is 19.3 Å². The van der Waals surface area contributed by atoms with Gasteiger partial charge in [0.1, 0.15) is 47.7 Å². The minimum absolute atomic E-state index is 0.143. The number of hydrogen-bond acceptors (Lipinski definition) is 9. The number of hydrogen-bond donors (Lipinski definition) is 5. The molecular formula is C26H30F3N7O4. The van der Waals surface area contributed by atoms with Crippen molar-refractivity contribution in [3.05, 3.63) is 42.6 Å². The summed E-state index contributed by atoms with van der Waals surface area (Å²) >= 11 is 0. The monoisotopic (exact) mass is 561 g/mol. The molecule has 6 N–H and O–H groups in total. The lowest BCUT2D eigenvalue weighted by atomic mass is 9.67. The standard InChI is InChI=1S/C26H30F3N7O4/c1-25(9-13(10-25)2-5-19-34-16-4-3-14(8-17(16)35-19)40-26(27,28)29)33-11-18-20(37)21(38)24(39-18)36-7-6-15-22(30)31-12-32-23(15)36/h3-4,6-8,12-13,18,20-21,24,33,37-38H,2,5,9-11H2,1H3,(H,34,35)(H2,30,31,32)/t13-,18-,20+,21+,24-,25-/m1/s1. The minimum atomic E-state index is -4.75. The molecule has 214 valence electrons. The van der Waals surface area contributed by atoms with Crippen LogP contribution in [0.4, 0.5) is 19.0 Å². The van der Waals surface area contributed by atoms with E-state index in [9.17, 15) is 23.4 Å². The highest BCUT2D eigenvalue weighted by Crippen LogP contribution is 2.41. The summed E-state index contributed by atoms with van der Waals surface area (Å²) in [5.41, 5.74) is 7.37. The highest BCUT2D eigenvalue weighted by molar-refractivity contribution is 5.86. The first-order valence-corrected chi connectivity index (χ1v) is 13.1. The number of fused-ring (bicyclic) bond motifs is 2. The summed E-state index contributed by atoms with van der Waals surface area (Å²) in [6, 6.07) is 5.81. The lowest BCUT2D eigenvalue weighted by Crippen LogP contribution is -2.55. The molecule has 3 aromatic heterocycles. The minimum Gasteiger partial charge on any atom is -0.406 e. The Morgan fingerprint density at radius 1 is 1.23 bits per heavy atom. The van der Waals surface area contributed by atoms with Crippen molar-refractivity contribution in [3.8, 4) is 5.75 Å². The van der Waals surface area contributed by atoms with Gasteiger partial charge in [0.25, 0.3) is 0 Å². The summed E-state index contributed by atoms with van der Waals surface area (Å²) < 4.78 is 49.1. The van der Waals surface area contributed by atoms with Gasteiger partial charge < -0.3 is 40.3 Å². The number of nitrogens with two attached hydrogens (primary N) is 1. The van der Waals surface area contributed by atoms with Crippen molar-refractivity contribution in [2.24, 2.45) is 5.92 Å². The number of imidazole rings is 1. The van der Waals surface area contributed by atoms with Gasteiger partial charge in [-0.15, -0.1) is 13.2 Å². The summed E-state index contributed by atoms with van der Waals surface area (Å²) in [4.78, 5) is 15.8. The number of aromatic nitrogens is 5. The molecule has 0 bridgehead atoms. The van der Waals surface area contributed by atoms with Crippen LogP contribution in [0.3, 0.4) is 0 Å². The number of nitrogens with zero attached hydrogens (tertiary/aromatic N) is 4. The van der Waals surface area contributed by atoms with E-state index in [2.05, 4.69) is 36.9 Å². The molecule has 1 aliphatic heterocycles. The number of anilines is 1. The van der Waals surface area contributed by atoms with Crippen LogP contribution in [0.5, 0.6) is 5.75 Å². The molecule has 6 rings (SSSR count). The van der Waals surface area contributed by atoms with Gasteiger partial charge in [0, 0.05) is 30.8 Å². The van der Waals surface area contributed by atoms with Gasteiger partial charge in [0.15, 0.2) is 6.23 Å². The van der Waals surface area contributed by atoms with Crippen molar-refractivity contribution in [1.82, 2.24) is 29.8 Å². The van der Waals surface area contributed by atoms with E-state index in [-0.39, 0.29) is 11.3 Å². The summed E-state index contributed by atoms with van der Waals surface area (Å²) in [6.45, 7) is 2.47. The predicted molar refractivity (Wildman–Crippen MR) is 138 cm³/mol. The number of alkyl halides is 3. The highest BCUT2D eigenvalue weighted by atomic mass is 19.4. The van der Waals surface area contributed by atoms with E-state index in [1.54, 1.807) is 16.8 Å². The number of ether oxygens (including phenoxy) is 2. The summed E-state index contributed by atoms with van der Waals surface area (Å²) in [5, 5.41) is 25.5. The van der Waals surface area contributed by atoms with Crippen LogP contribution < -0.4 is 15.8 Å². The van der Waals surface area contributed by atoms with E-state index < -0.39 is 30.9 Å². The molecule has 1 saturated heterocycles. The molecule has 1 aliphatic carbocycles. The fourth-order valence-electron chi connectivity index (χ4n) is 5.93. The van der Waals surface area contributed by atoms with E-state index in [4.69, 9.17) is 10.5 Å². The molecule has 14 heteroatoms. The fourth-order valence-corrected chi connectivity index (χ4v) is 5.93. The Balaban J connectivity index is 1.000. The lowest BCUT2D eigenvalue weighted by Gasteiger charge is -2.46. The highest BCUT2D eigenvalue weighted by Gasteiger charge is 2.46. The number of aliphatic hydroxyl groups is 2. The van der Waals surface area contributed by atoms with E-state index in [1.807, 2.05) is 0 Å². The van der Waals surface area contributed by atoms with E-state index in [1.165, 1.54) is 24.5 Å². The molecule has 0 amide bonds.